The zero-order valence-electron chi connectivity index (χ0n) is 11.8. The van der Waals surface area contributed by atoms with Crippen molar-refractivity contribution in [3.63, 3.8) is 0 Å². The molecule has 0 saturated heterocycles. The van der Waals surface area contributed by atoms with Gasteiger partial charge in [-0.05, 0) is 25.3 Å². The van der Waals surface area contributed by atoms with Crippen LogP contribution in [-0.2, 0) is 14.3 Å². The van der Waals surface area contributed by atoms with Gasteiger partial charge in [0.15, 0.2) is 0 Å². The Balaban J connectivity index is 2.80. The summed E-state index contributed by atoms with van der Waals surface area (Å²) in [5.41, 5.74) is 0. The first-order valence-electron chi connectivity index (χ1n) is 6.97. The van der Waals surface area contributed by atoms with Crippen LogP contribution in [0.2, 0.25) is 0 Å². The van der Waals surface area contributed by atoms with Crippen molar-refractivity contribution in [3.05, 3.63) is 37.0 Å². The molecule has 0 fully saturated rings. The minimum Gasteiger partial charge on any atom is -0.426 e. The van der Waals surface area contributed by atoms with Gasteiger partial charge < -0.3 is 9.47 Å². The van der Waals surface area contributed by atoms with Crippen LogP contribution in [0.25, 0.3) is 0 Å². The number of methoxy groups -OCH3 is 1. The molecule has 0 aromatic heterocycles. The minimum atomic E-state index is -0.963. The van der Waals surface area contributed by atoms with Gasteiger partial charge in [-0.3, -0.25) is 0 Å². The van der Waals surface area contributed by atoms with Crippen molar-refractivity contribution in [2.24, 2.45) is 0 Å². The van der Waals surface area contributed by atoms with Gasteiger partial charge in [0.1, 0.15) is 0 Å². The molecule has 0 N–H and O–H groups in total. The van der Waals surface area contributed by atoms with Crippen LogP contribution >= 0.6 is 0 Å². The van der Waals surface area contributed by atoms with Crippen LogP contribution in [0, 0.1) is 0 Å². The fourth-order valence-electron chi connectivity index (χ4n) is 2.13. The number of esters is 1. The molecule has 0 aromatic carbocycles. The van der Waals surface area contributed by atoms with E-state index in [0.29, 0.717) is 6.42 Å². The van der Waals surface area contributed by atoms with Crippen LogP contribution in [0.5, 0.6) is 0 Å². The summed E-state index contributed by atoms with van der Waals surface area (Å²) in [5, 5.41) is 0. The van der Waals surface area contributed by atoms with Crippen molar-refractivity contribution in [2.45, 2.75) is 50.7 Å². The Bertz CT molecular complexity index is 344. The van der Waals surface area contributed by atoms with Crippen LogP contribution in [0.15, 0.2) is 37.0 Å². The quantitative estimate of drug-likeness (QED) is 0.440. The maximum absolute atomic E-state index is 11.4. The summed E-state index contributed by atoms with van der Waals surface area (Å²) in [5.74, 6) is -1.42. The second-order valence-electron chi connectivity index (χ2n) is 4.73. The van der Waals surface area contributed by atoms with Crippen LogP contribution in [0.3, 0.4) is 0 Å². The third-order valence-electron chi connectivity index (χ3n) is 3.28. The average Bonchev–Trinajstić information content (AvgIpc) is 2.42. The average molecular weight is 264 g/mol. The first-order chi connectivity index (χ1) is 9.22. The van der Waals surface area contributed by atoms with E-state index < -0.39 is 11.8 Å². The fourth-order valence-corrected chi connectivity index (χ4v) is 2.13. The number of carbonyl (C=O) groups is 1. The van der Waals surface area contributed by atoms with E-state index in [1.165, 1.54) is 25.3 Å². The Morgan fingerprint density at radius 1 is 1.21 bits per heavy atom. The maximum Gasteiger partial charge on any atom is 0.332 e. The van der Waals surface area contributed by atoms with Crippen molar-refractivity contribution in [1.82, 2.24) is 0 Å². The van der Waals surface area contributed by atoms with Crippen LogP contribution in [0.4, 0.5) is 0 Å². The van der Waals surface area contributed by atoms with E-state index in [-0.39, 0.29) is 0 Å². The highest BCUT2D eigenvalue weighted by Gasteiger charge is 2.30. The molecule has 0 aromatic rings. The van der Waals surface area contributed by atoms with Crippen LogP contribution in [0.1, 0.15) is 44.9 Å². The molecule has 1 unspecified atom stereocenters. The van der Waals surface area contributed by atoms with Crippen molar-refractivity contribution >= 4 is 5.97 Å². The van der Waals surface area contributed by atoms with Gasteiger partial charge in [-0.25, -0.2) is 4.79 Å². The zero-order chi connectivity index (χ0) is 14.0. The number of rotatable bonds is 3. The van der Waals surface area contributed by atoms with Crippen LogP contribution < -0.4 is 0 Å². The van der Waals surface area contributed by atoms with Gasteiger partial charge in [0.25, 0.3) is 0 Å². The summed E-state index contributed by atoms with van der Waals surface area (Å²) in [6.45, 7) is 3.43. The summed E-state index contributed by atoms with van der Waals surface area (Å²) >= 11 is 0. The first kappa shape index (κ1) is 15.7. The van der Waals surface area contributed by atoms with Gasteiger partial charge in [-0.15, -0.1) is 0 Å². The number of hydrogen-bond acceptors (Lipinski definition) is 3. The van der Waals surface area contributed by atoms with E-state index in [1.54, 1.807) is 7.11 Å². The van der Waals surface area contributed by atoms with Gasteiger partial charge in [-0.1, -0.05) is 44.1 Å². The smallest absolute Gasteiger partial charge is 0.332 e. The molecule has 0 spiro atoms. The van der Waals surface area contributed by atoms with E-state index in [0.717, 1.165) is 19.3 Å². The third kappa shape index (κ3) is 5.88. The van der Waals surface area contributed by atoms with E-state index in [4.69, 9.17) is 9.47 Å². The molecule has 0 radical (unpaired) electrons. The highest BCUT2D eigenvalue weighted by atomic mass is 16.7. The lowest BCUT2D eigenvalue weighted by Gasteiger charge is -2.28. The predicted octanol–water partition coefficient (Wildman–Crippen LogP) is 3.92. The molecular weight excluding hydrogens is 240 g/mol. The van der Waals surface area contributed by atoms with Gasteiger partial charge in [0, 0.05) is 19.6 Å². The summed E-state index contributed by atoms with van der Waals surface area (Å²) in [4.78, 5) is 11.4. The van der Waals surface area contributed by atoms with E-state index in [1.807, 2.05) is 18.2 Å². The lowest BCUT2D eigenvalue weighted by molar-refractivity contribution is -0.198. The SMILES string of the molecule is C=CC(=O)OC1(OC)C=CC=CCCCCCCC1. The van der Waals surface area contributed by atoms with Gasteiger partial charge >= 0.3 is 5.97 Å². The third-order valence-corrected chi connectivity index (χ3v) is 3.28. The number of carbonyl (C=O) groups excluding carboxylic acids is 1. The number of ether oxygens (including phenoxy) is 2. The Morgan fingerprint density at radius 3 is 2.68 bits per heavy atom. The molecule has 0 amide bonds. The molecule has 19 heavy (non-hydrogen) atoms. The molecule has 0 heterocycles. The Morgan fingerprint density at radius 2 is 1.95 bits per heavy atom. The zero-order valence-corrected chi connectivity index (χ0v) is 11.8. The summed E-state index contributed by atoms with van der Waals surface area (Å²) in [7, 11) is 1.57. The normalized spacial score (nSPS) is 25.1. The molecule has 1 rings (SSSR count). The number of hydrogen-bond donors (Lipinski definition) is 0. The molecule has 0 bridgehead atoms. The Hall–Kier alpha value is -1.35. The van der Waals surface area contributed by atoms with E-state index in [9.17, 15) is 4.79 Å². The second kappa shape index (κ2) is 8.70. The summed E-state index contributed by atoms with van der Waals surface area (Å²) in [6, 6.07) is 0. The minimum absolute atomic E-state index is 0.456. The standard InChI is InChI=1S/C16H24O3/c1-3-15(17)19-16(18-2)13-11-9-7-5-4-6-8-10-12-14-16/h3,7,9,11,13H,1,4-6,8,10,12,14H2,2H3. The number of allylic oxidation sites excluding steroid dienone is 3. The lowest BCUT2D eigenvalue weighted by atomic mass is 10.0. The van der Waals surface area contributed by atoms with Crippen molar-refractivity contribution in [1.29, 1.82) is 0 Å². The topological polar surface area (TPSA) is 35.5 Å². The molecule has 0 saturated carbocycles. The first-order valence-corrected chi connectivity index (χ1v) is 6.97. The monoisotopic (exact) mass is 264 g/mol. The predicted molar refractivity (Wildman–Crippen MR) is 76.6 cm³/mol. The van der Waals surface area contributed by atoms with Gasteiger partial charge in [0.2, 0.25) is 5.79 Å². The molecule has 106 valence electrons. The van der Waals surface area contributed by atoms with Crippen molar-refractivity contribution < 1.29 is 14.3 Å². The highest BCUT2D eigenvalue weighted by Crippen LogP contribution is 2.24. The van der Waals surface area contributed by atoms with Gasteiger partial charge in [-0.2, -0.15) is 0 Å². The van der Waals surface area contributed by atoms with Crippen LogP contribution in [-0.4, -0.2) is 18.9 Å². The molecule has 1 aliphatic carbocycles. The van der Waals surface area contributed by atoms with E-state index in [2.05, 4.69) is 12.7 Å². The van der Waals surface area contributed by atoms with Crippen molar-refractivity contribution in [2.75, 3.05) is 7.11 Å². The largest absolute Gasteiger partial charge is 0.426 e. The maximum atomic E-state index is 11.4. The Kier molecular flexibility index (Phi) is 7.19. The van der Waals surface area contributed by atoms with Crippen molar-refractivity contribution in [3.8, 4) is 0 Å². The van der Waals surface area contributed by atoms with E-state index >= 15 is 0 Å². The molecule has 1 aliphatic rings. The Labute approximate surface area is 116 Å². The molecular formula is C16H24O3. The van der Waals surface area contributed by atoms with Gasteiger partial charge in [0.05, 0.1) is 0 Å². The second-order valence-corrected chi connectivity index (χ2v) is 4.73. The summed E-state index contributed by atoms with van der Waals surface area (Å²) in [6.07, 6.45) is 16.6. The summed E-state index contributed by atoms with van der Waals surface area (Å²) < 4.78 is 10.8. The highest BCUT2D eigenvalue weighted by molar-refractivity contribution is 5.81. The molecule has 0 aliphatic heterocycles. The fraction of sp³-hybridized carbons (Fsp3) is 0.562. The molecule has 3 nitrogen and oxygen atoms in total. The molecule has 3 heteroatoms. The molecule has 1 atom stereocenters. The lowest BCUT2D eigenvalue weighted by Crippen LogP contribution is -2.34.